The van der Waals surface area contributed by atoms with E-state index in [0.29, 0.717) is 23.8 Å². The van der Waals surface area contributed by atoms with Crippen LogP contribution < -0.4 is 10.2 Å². The third-order valence-electron chi connectivity index (χ3n) is 5.41. The summed E-state index contributed by atoms with van der Waals surface area (Å²) >= 11 is 0. The van der Waals surface area contributed by atoms with Crippen molar-refractivity contribution in [3.8, 4) is 0 Å². The Bertz CT molecular complexity index is 610. The van der Waals surface area contributed by atoms with Gasteiger partial charge in [-0.15, -0.1) is 0 Å². The van der Waals surface area contributed by atoms with Crippen LogP contribution in [0.15, 0.2) is 0 Å². The van der Waals surface area contributed by atoms with Crippen LogP contribution in [0.4, 0.5) is 5.82 Å². The molecule has 25 heavy (non-hydrogen) atoms. The van der Waals surface area contributed by atoms with Gasteiger partial charge in [0.15, 0.2) is 0 Å². The van der Waals surface area contributed by atoms with E-state index >= 15 is 0 Å². The summed E-state index contributed by atoms with van der Waals surface area (Å²) in [7, 11) is 6.17. The van der Waals surface area contributed by atoms with Crippen LogP contribution in [0.2, 0.25) is 0 Å². The highest BCUT2D eigenvalue weighted by Crippen LogP contribution is 2.32. The monoisotopic (exact) mass is 347 g/mol. The minimum atomic E-state index is 0.344. The lowest BCUT2D eigenvalue weighted by Crippen LogP contribution is -2.45. The number of carbonyl (C=O) groups excluding carboxylic acids is 1. The van der Waals surface area contributed by atoms with E-state index in [9.17, 15) is 4.79 Å². The molecule has 1 aliphatic carbocycles. The Kier molecular flexibility index (Phi) is 5.37. The SMILES string of the molecule is CC(C)c1nn(C)c(N(C)C)c1CNC1CCN(C(=O)C2CC2)CC1. The first-order valence-corrected chi connectivity index (χ1v) is 9.63. The Morgan fingerprint density at radius 1 is 1.24 bits per heavy atom. The predicted octanol–water partition coefficient (Wildman–Crippen LogP) is 2.10. The summed E-state index contributed by atoms with van der Waals surface area (Å²) < 4.78 is 1.99. The standard InChI is InChI=1S/C19H33N5O/c1-13(2)17-16(18(22(3)4)23(5)21-17)12-20-15-8-10-24(11-9-15)19(25)14-6-7-14/h13-15,20H,6-12H2,1-5H3. The van der Waals surface area contributed by atoms with Gasteiger partial charge in [-0.2, -0.15) is 5.10 Å². The smallest absolute Gasteiger partial charge is 0.225 e. The van der Waals surface area contributed by atoms with Crippen molar-refractivity contribution >= 4 is 11.7 Å². The molecule has 1 aromatic heterocycles. The van der Waals surface area contributed by atoms with Crippen LogP contribution >= 0.6 is 0 Å². The van der Waals surface area contributed by atoms with Crippen LogP contribution in [0.5, 0.6) is 0 Å². The van der Waals surface area contributed by atoms with Gasteiger partial charge in [-0.25, -0.2) is 0 Å². The van der Waals surface area contributed by atoms with E-state index in [-0.39, 0.29) is 0 Å². The molecule has 0 bridgehead atoms. The summed E-state index contributed by atoms with van der Waals surface area (Å²) in [6, 6.07) is 0.485. The zero-order chi connectivity index (χ0) is 18.1. The van der Waals surface area contributed by atoms with Crippen LogP contribution in [0, 0.1) is 5.92 Å². The lowest BCUT2D eigenvalue weighted by molar-refractivity contribution is -0.133. The molecule has 1 aliphatic heterocycles. The second kappa shape index (κ2) is 7.36. The highest BCUT2D eigenvalue weighted by atomic mass is 16.2. The van der Waals surface area contributed by atoms with Crippen molar-refractivity contribution in [1.29, 1.82) is 0 Å². The Morgan fingerprint density at radius 2 is 1.88 bits per heavy atom. The molecular formula is C19H33N5O. The van der Waals surface area contributed by atoms with Crippen molar-refractivity contribution in [2.75, 3.05) is 32.1 Å². The van der Waals surface area contributed by atoms with Crippen LogP contribution in [0.25, 0.3) is 0 Å². The van der Waals surface area contributed by atoms with Crippen molar-refractivity contribution < 1.29 is 4.79 Å². The molecule has 2 fully saturated rings. The molecule has 6 heteroatoms. The average molecular weight is 348 g/mol. The summed E-state index contributed by atoms with van der Waals surface area (Å²) in [5, 5.41) is 8.47. The van der Waals surface area contributed by atoms with Gasteiger partial charge in [-0.1, -0.05) is 13.8 Å². The molecule has 0 aromatic carbocycles. The largest absolute Gasteiger partial charge is 0.363 e. The molecule has 3 rings (SSSR count). The van der Waals surface area contributed by atoms with Gasteiger partial charge < -0.3 is 15.1 Å². The number of hydrogen-bond acceptors (Lipinski definition) is 4. The first-order chi connectivity index (χ1) is 11.9. The van der Waals surface area contributed by atoms with E-state index in [0.717, 1.165) is 45.3 Å². The van der Waals surface area contributed by atoms with Crippen LogP contribution in [0.1, 0.15) is 56.7 Å². The second-order valence-corrected chi connectivity index (χ2v) is 8.11. The van der Waals surface area contributed by atoms with E-state index in [1.165, 1.54) is 17.1 Å². The molecule has 2 heterocycles. The zero-order valence-corrected chi connectivity index (χ0v) is 16.4. The van der Waals surface area contributed by atoms with Gasteiger partial charge in [-0.05, 0) is 31.6 Å². The molecule has 2 aliphatic rings. The number of nitrogens with one attached hydrogen (secondary N) is 1. The first kappa shape index (κ1) is 18.2. The van der Waals surface area contributed by atoms with Crippen molar-refractivity contribution in [1.82, 2.24) is 20.0 Å². The Balaban J connectivity index is 1.59. The fourth-order valence-electron chi connectivity index (χ4n) is 3.91. The highest BCUT2D eigenvalue weighted by molar-refractivity contribution is 5.81. The quantitative estimate of drug-likeness (QED) is 0.856. The molecule has 1 saturated heterocycles. The van der Waals surface area contributed by atoms with Crippen molar-refractivity contribution in [2.24, 2.45) is 13.0 Å². The molecule has 1 saturated carbocycles. The molecule has 0 radical (unpaired) electrons. The van der Waals surface area contributed by atoms with Gasteiger partial charge in [0.05, 0.1) is 5.69 Å². The number of likely N-dealkylation sites (tertiary alicyclic amines) is 1. The molecule has 1 aromatic rings. The van der Waals surface area contributed by atoms with Crippen LogP contribution in [-0.4, -0.2) is 53.8 Å². The normalized spacial score (nSPS) is 18.9. The fraction of sp³-hybridized carbons (Fsp3) is 0.789. The number of anilines is 1. The number of hydrogen-bond donors (Lipinski definition) is 1. The summed E-state index contributed by atoms with van der Waals surface area (Å²) in [4.78, 5) is 16.4. The minimum Gasteiger partial charge on any atom is -0.363 e. The lowest BCUT2D eigenvalue weighted by atomic mass is 10.0. The first-order valence-electron chi connectivity index (χ1n) is 9.63. The second-order valence-electron chi connectivity index (χ2n) is 8.11. The van der Waals surface area contributed by atoms with E-state index in [4.69, 9.17) is 5.10 Å². The van der Waals surface area contributed by atoms with E-state index in [1.807, 2.05) is 11.7 Å². The van der Waals surface area contributed by atoms with Gasteiger partial charge in [0, 0.05) is 58.3 Å². The Hall–Kier alpha value is -1.56. The molecule has 1 N–H and O–H groups in total. The van der Waals surface area contributed by atoms with Crippen molar-refractivity contribution in [2.45, 2.75) is 58.0 Å². The zero-order valence-electron chi connectivity index (χ0n) is 16.4. The Morgan fingerprint density at radius 3 is 2.40 bits per heavy atom. The van der Waals surface area contributed by atoms with Crippen LogP contribution in [0.3, 0.4) is 0 Å². The maximum absolute atomic E-state index is 12.2. The molecule has 1 amide bonds. The van der Waals surface area contributed by atoms with Crippen LogP contribution in [-0.2, 0) is 18.4 Å². The highest BCUT2D eigenvalue weighted by Gasteiger charge is 2.34. The lowest BCUT2D eigenvalue weighted by Gasteiger charge is -2.33. The molecule has 0 spiro atoms. The molecule has 6 nitrogen and oxygen atoms in total. The predicted molar refractivity (Wildman–Crippen MR) is 101 cm³/mol. The summed E-state index contributed by atoms with van der Waals surface area (Å²) in [5.41, 5.74) is 2.49. The molecular weight excluding hydrogens is 314 g/mol. The number of carbonyl (C=O) groups is 1. The number of aryl methyl sites for hydroxylation is 1. The summed E-state index contributed by atoms with van der Waals surface area (Å²) in [6.45, 7) is 7.05. The third kappa shape index (κ3) is 4.00. The van der Waals surface area contributed by atoms with Crippen molar-refractivity contribution in [3.63, 3.8) is 0 Å². The molecule has 140 valence electrons. The average Bonchev–Trinajstić information content (AvgIpc) is 3.35. The van der Waals surface area contributed by atoms with Gasteiger partial charge in [0.25, 0.3) is 0 Å². The molecule has 0 atom stereocenters. The maximum Gasteiger partial charge on any atom is 0.225 e. The van der Waals surface area contributed by atoms with E-state index in [1.54, 1.807) is 0 Å². The van der Waals surface area contributed by atoms with E-state index in [2.05, 4.69) is 43.1 Å². The third-order valence-corrected chi connectivity index (χ3v) is 5.41. The van der Waals surface area contributed by atoms with Crippen molar-refractivity contribution in [3.05, 3.63) is 11.3 Å². The fourth-order valence-corrected chi connectivity index (χ4v) is 3.91. The van der Waals surface area contributed by atoms with Gasteiger partial charge in [-0.3, -0.25) is 9.48 Å². The molecule has 0 unspecified atom stereocenters. The number of aromatic nitrogens is 2. The Labute approximate surface area is 151 Å². The number of nitrogens with zero attached hydrogens (tertiary/aromatic N) is 4. The summed E-state index contributed by atoms with van der Waals surface area (Å²) in [5.74, 6) is 2.33. The van der Waals surface area contributed by atoms with E-state index < -0.39 is 0 Å². The summed E-state index contributed by atoms with van der Waals surface area (Å²) in [6.07, 6.45) is 4.30. The topological polar surface area (TPSA) is 53.4 Å². The van der Waals surface area contributed by atoms with Gasteiger partial charge in [0.1, 0.15) is 5.82 Å². The van der Waals surface area contributed by atoms with Gasteiger partial charge >= 0.3 is 0 Å². The minimum absolute atomic E-state index is 0.344. The van der Waals surface area contributed by atoms with Gasteiger partial charge in [0.2, 0.25) is 5.91 Å². The number of amides is 1. The maximum atomic E-state index is 12.2. The number of piperidine rings is 1. The number of rotatable bonds is 6.